The fourth-order valence-corrected chi connectivity index (χ4v) is 1.48. The molecule has 0 radical (unpaired) electrons. The number of nitrogens with zero attached hydrogens (tertiary/aromatic N) is 1. The minimum Gasteiger partial charge on any atom is -0.356 e. The lowest BCUT2D eigenvalue weighted by molar-refractivity contribution is -0.122. The van der Waals surface area contributed by atoms with Crippen molar-refractivity contribution in [1.29, 1.82) is 5.26 Å². The number of carbonyl (C=O) groups excluding carboxylic acids is 1. The summed E-state index contributed by atoms with van der Waals surface area (Å²) >= 11 is 0. The first kappa shape index (κ1) is 12.3. The van der Waals surface area contributed by atoms with Crippen LogP contribution >= 0.6 is 0 Å². The van der Waals surface area contributed by atoms with Crippen LogP contribution in [0.2, 0.25) is 0 Å². The van der Waals surface area contributed by atoms with Crippen molar-refractivity contribution < 1.29 is 4.79 Å². The predicted octanol–water partition coefficient (Wildman–Crippen LogP) is 2.03. The maximum atomic E-state index is 10.7. The molecule has 2 rings (SSSR count). The van der Waals surface area contributed by atoms with Gasteiger partial charge >= 0.3 is 0 Å². The van der Waals surface area contributed by atoms with Crippen molar-refractivity contribution in [2.24, 2.45) is 5.92 Å². The van der Waals surface area contributed by atoms with Gasteiger partial charge in [-0.15, -0.1) is 0 Å². The molecule has 3 nitrogen and oxygen atoms in total. The van der Waals surface area contributed by atoms with Gasteiger partial charge in [0.25, 0.3) is 0 Å². The van der Waals surface area contributed by atoms with Crippen LogP contribution in [0.5, 0.6) is 0 Å². The third kappa shape index (κ3) is 4.14. The van der Waals surface area contributed by atoms with Crippen LogP contribution < -0.4 is 5.32 Å². The Morgan fingerprint density at radius 2 is 2.12 bits per heavy atom. The summed E-state index contributed by atoms with van der Waals surface area (Å²) in [6, 6.07) is 12.2. The fourth-order valence-electron chi connectivity index (χ4n) is 1.48. The van der Waals surface area contributed by atoms with Gasteiger partial charge in [0.2, 0.25) is 5.91 Å². The standard InChI is InChI=1S/C7H8.C6H8N2O/c1-7-5-3-2-4-6-7;7-3-1-5-2-4-8-6(5)9/h2-6H,1H3;5H,1-2,4H2,(H,8,9). The van der Waals surface area contributed by atoms with Crippen molar-refractivity contribution in [3.8, 4) is 6.07 Å². The molecular weight excluding hydrogens is 200 g/mol. The molecule has 1 aliphatic rings. The zero-order valence-electron chi connectivity index (χ0n) is 9.44. The largest absolute Gasteiger partial charge is 0.356 e. The monoisotopic (exact) mass is 216 g/mol. The summed E-state index contributed by atoms with van der Waals surface area (Å²) in [5, 5.41) is 10.9. The van der Waals surface area contributed by atoms with Gasteiger partial charge in [0.05, 0.1) is 12.0 Å². The molecule has 0 aliphatic carbocycles. The van der Waals surface area contributed by atoms with Crippen LogP contribution in [0.4, 0.5) is 0 Å². The number of benzene rings is 1. The summed E-state index contributed by atoms with van der Waals surface area (Å²) in [4.78, 5) is 10.7. The first-order chi connectivity index (χ1) is 7.74. The molecule has 1 heterocycles. The molecule has 0 aromatic heterocycles. The molecule has 84 valence electrons. The first-order valence-corrected chi connectivity index (χ1v) is 5.40. The van der Waals surface area contributed by atoms with E-state index in [2.05, 4.69) is 24.4 Å². The van der Waals surface area contributed by atoms with Crippen LogP contribution in [0, 0.1) is 24.2 Å². The van der Waals surface area contributed by atoms with Gasteiger partial charge in [-0.2, -0.15) is 5.26 Å². The molecule has 3 heteroatoms. The number of nitrogens with one attached hydrogen (secondary N) is 1. The summed E-state index contributed by atoms with van der Waals surface area (Å²) in [7, 11) is 0. The smallest absolute Gasteiger partial charge is 0.224 e. The second-order valence-electron chi connectivity index (χ2n) is 3.79. The summed E-state index contributed by atoms with van der Waals surface area (Å²) in [6.07, 6.45) is 1.19. The molecule has 16 heavy (non-hydrogen) atoms. The average Bonchev–Trinajstić information content (AvgIpc) is 2.67. The molecule has 0 bridgehead atoms. The molecule has 0 spiro atoms. The third-order valence-electron chi connectivity index (χ3n) is 2.44. The van der Waals surface area contributed by atoms with Crippen LogP contribution in [0.1, 0.15) is 18.4 Å². The second-order valence-corrected chi connectivity index (χ2v) is 3.79. The highest BCUT2D eigenvalue weighted by molar-refractivity contribution is 5.80. The van der Waals surface area contributed by atoms with Gasteiger partial charge in [0.15, 0.2) is 0 Å². The van der Waals surface area contributed by atoms with Crippen molar-refractivity contribution in [3.63, 3.8) is 0 Å². The van der Waals surface area contributed by atoms with Crippen molar-refractivity contribution in [2.75, 3.05) is 6.54 Å². The van der Waals surface area contributed by atoms with E-state index in [9.17, 15) is 4.79 Å². The Balaban J connectivity index is 0.000000165. The maximum absolute atomic E-state index is 10.7. The molecule has 1 unspecified atom stereocenters. The number of aryl methyl sites for hydroxylation is 1. The fraction of sp³-hybridized carbons (Fsp3) is 0.385. The normalized spacial score (nSPS) is 18.0. The Morgan fingerprint density at radius 3 is 2.50 bits per heavy atom. The Morgan fingerprint density at radius 1 is 1.44 bits per heavy atom. The summed E-state index contributed by atoms with van der Waals surface area (Å²) < 4.78 is 0. The van der Waals surface area contributed by atoms with Gasteiger partial charge < -0.3 is 5.32 Å². The minimum absolute atomic E-state index is 0.0324. The highest BCUT2D eigenvalue weighted by Gasteiger charge is 2.22. The van der Waals surface area contributed by atoms with Crippen molar-refractivity contribution in [1.82, 2.24) is 5.32 Å². The van der Waals surface area contributed by atoms with Crippen LogP contribution in [0.3, 0.4) is 0 Å². The molecule has 1 saturated heterocycles. The number of hydrogen-bond donors (Lipinski definition) is 1. The van der Waals surface area contributed by atoms with Crippen LogP contribution in [0.15, 0.2) is 30.3 Å². The molecule has 1 N–H and O–H groups in total. The van der Waals surface area contributed by atoms with E-state index in [4.69, 9.17) is 5.26 Å². The number of rotatable bonds is 1. The summed E-state index contributed by atoms with van der Waals surface area (Å²) in [6.45, 7) is 2.82. The van der Waals surface area contributed by atoms with E-state index in [1.165, 1.54) is 5.56 Å². The van der Waals surface area contributed by atoms with Crippen molar-refractivity contribution >= 4 is 5.91 Å². The van der Waals surface area contributed by atoms with Gasteiger partial charge in [-0.1, -0.05) is 35.9 Å². The van der Waals surface area contributed by atoms with Crippen molar-refractivity contribution in [3.05, 3.63) is 35.9 Å². The van der Waals surface area contributed by atoms with Crippen LogP contribution in [-0.2, 0) is 4.79 Å². The molecule has 1 aromatic carbocycles. The van der Waals surface area contributed by atoms with Gasteiger partial charge in [-0.05, 0) is 13.3 Å². The Hall–Kier alpha value is -1.82. The highest BCUT2D eigenvalue weighted by Crippen LogP contribution is 2.11. The van der Waals surface area contributed by atoms with E-state index in [0.29, 0.717) is 6.42 Å². The first-order valence-electron chi connectivity index (χ1n) is 5.40. The zero-order chi connectivity index (χ0) is 11.8. The number of nitriles is 1. The number of carbonyl (C=O) groups is 1. The maximum Gasteiger partial charge on any atom is 0.224 e. The van der Waals surface area contributed by atoms with Gasteiger partial charge in [0.1, 0.15) is 0 Å². The van der Waals surface area contributed by atoms with Crippen LogP contribution in [0.25, 0.3) is 0 Å². The second kappa shape index (κ2) is 6.62. The summed E-state index contributed by atoms with van der Waals surface area (Å²) in [5.74, 6) is 0.00606. The Kier molecular flexibility index (Phi) is 5.07. The molecule has 1 aliphatic heterocycles. The third-order valence-corrected chi connectivity index (χ3v) is 2.44. The Bertz CT molecular complexity index is 367. The van der Waals surface area contributed by atoms with E-state index in [0.717, 1.165) is 13.0 Å². The SMILES string of the molecule is Cc1ccccc1.N#CCC1CCNC1=O. The molecule has 1 aromatic rings. The van der Waals surface area contributed by atoms with Crippen molar-refractivity contribution in [2.45, 2.75) is 19.8 Å². The molecule has 1 atom stereocenters. The van der Waals surface area contributed by atoms with E-state index in [1.807, 2.05) is 24.3 Å². The molecular formula is C13H16N2O. The van der Waals surface area contributed by atoms with E-state index < -0.39 is 0 Å². The molecule has 1 amide bonds. The van der Waals surface area contributed by atoms with Gasteiger partial charge in [-0.25, -0.2) is 0 Å². The van der Waals surface area contributed by atoms with Gasteiger partial charge in [-0.3, -0.25) is 4.79 Å². The highest BCUT2D eigenvalue weighted by atomic mass is 16.2. The zero-order valence-corrected chi connectivity index (χ0v) is 9.44. The lowest BCUT2D eigenvalue weighted by Gasteiger charge is -1.95. The Labute approximate surface area is 96.1 Å². The number of amides is 1. The quantitative estimate of drug-likeness (QED) is 0.781. The lowest BCUT2D eigenvalue weighted by atomic mass is 10.1. The molecule has 0 saturated carbocycles. The van der Waals surface area contributed by atoms with E-state index in [1.54, 1.807) is 0 Å². The van der Waals surface area contributed by atoms with Gasteiger partial charge in [0, 0.05) is 13.0 Å². The lowest BCUT2D eigenvalue weighted by Crippen LogP contribution is -2.18. The average molecular weight is 216 g/mol. The van der Waals surface area contributed by atoms with E-state index >= 15 is 0 Å². The minimum atomic E-state index is -0.0324. The van der Waals surface area contributed by atoms with E-state index in [-0.39, 0.29) is 11.8 Å². The number of hydrogen-bond acceptors (Lipinski definition) is 2. The topological polar surface area (TPSA) is 52.9 Å². The molecule has 1 fully saturated rings. The summed E-state index contributed by atoms with van der Waals surface area (Å²) in [5.41, 5.74) is 1.32. The van der Waals surface area contributed by atoms with Crippen LogP contribution in [-0.4, -0.2) is 12.5 Å². The predicted molar refractivity (Wildman–Crippen MR) is 62.5 cm³/mol.